The summed E-state index contributed by atoms with van der Waals surface area (Å²) < 4.78 is 6.37. The SMILES string of the molecule is C=CCc1c(O)c(C(=O)OCC)nn1-c1ccc(Cl)cc1. The fourth-order valence-corrected chi connectivity index (χ4v) is 2.02. The molecule has 21 heavy (non-hydrogen) atoms. The van der Waals surface area contributed by atoms with Crippen LogP contribution in [0.15, 0.2) is 36.9 Å². The summed E-state index contributed by atoms with van der Waals surface area (Å²) in [5.41, 5.74) is 1.04. The zero-order valence-corrected chi connectivity index (χ0v) is 12.3. The first-order valence-electron chi connectivity index (χ1n) is 6.43. The first-order valence-corrected chi connectivity index (χ1v) is 6.81. The molecule has 0 saturated heterocycles. The van der Waals surface area contributed by atoms with Gasteiger partial charge in [0, 0.05) is 11.4 Å². The molecule has 5 nitrogen and oxygen atoms in total. The summed E-state index contributed by atoms with van der Waals surface area (Å²) in [5, 5.41) is 14.9. The van der Waals surface area contributed by atoms with Crippen molar-refractivity contribution < 1.29 is 14.6 Å². The maximum atomic E-state index is 11.8. The molecule has 1 aromatic carbocycles. The molecule has 0 radical (unpaired) electrons. The van der Waals surface area contributed by atoms with Gasteiger partial charge in [-0.25, -0.2) is 9.48 Å². The van der Waals surface area contributed by atoms with E-state index in [1.54, 1.807) is 37.3 Å². The molecule has 0 amide bonds. The Morgan fingerprint density at radius 2 is 2.14 bits per heavy atom. The number of halogens is 1. The molecule has 2 rings (SSSR count). The van der Waals surface area contributed by atoms with E-state index in [-0.39, 0.29) is 18.1 Å². The third kappa shape index (κ3) is 3.08. The standard InChI is InChI=1S/C15H15ClN2O3/c1-3-5-12-14(19)13(15(20)21-4-2)17-18(12)11-8-6-10(16)7-9-11/h3,6-9,19H,1,4-5H2,2H3. The Kier molecular flexibility index (Phi) is 4.65. The van der Waals surface area contributed by atoms with Crippen molar-refractivity contribution in [2.75, 3.05) is 6.61 Å². The number of benzene rings is 1. The number of allylic oxidation sites excluding steroid dienone is 1. The molecule has 110 valence electrons. The molecule has 0 aliphatic heterocycles. The minimum Gasteiger partial charge on any atom is -0.504 e. The molecule has 6 heteroatoms. The molecule has 0 aliphatic carbocycles. The van der Waals surface area contributed by atoms with Crippen LogP contribution in [0.4, 0.5) is 0 Å². The molecule has 1 N–H and O–H groups in total. The normalized spacial score (nSPS) is 10.4. The minimum absolute atomic E-state index is 0.108. The van der Waals surface area contributed by atoms with Gasteiger partial charge in [-0.1, -0.05) is 17.7 Å². The van der Waals surface area contributed by atoms with Gasteiger partial charge in [0.05, 0.1) is 18.0 Å². The van der Waals surface area contributed by atoms with Gasteiger partial charge in [-0.2, -0.15) is 5.10 Å². The maximum Gasteiger partial charge on any atom is 0.362 e. The zero-order valence-electron chi connectivity index (χ0n) is 11.5. The van der Waals surface area contributed by atoms with E-state index in [0.29, 0.717) is 22.8 Å². The summed E-state index contributed by atoms with van der Waals surface area (Å²) in [4.78, 5) is 11.8. The summed E-state index contributed by atoms with van der Waals surface area (Å²) in [6, 6.07) is 6.90. The van der Waals surface area contributed by atoms with E-state index in [0.717, 1.165) is 0 Å². The fourth-order valence-electron chi connectivity index (χ4n) is 1.90. The molecule has 2 aromatic rings. The van der Waals surface area contributed by atoms with Crippen LogP contribution in [0.25, 0.3) is 5.69 Å². The van der Waals surface area contributed by atoms with Crippen LogP contribution in [-0.2, 0) is 11.2 Å². The van der Waals surface area contributed by atoms with Gasteiger partial charge < -0.3 is 9.84 Å². The number of hydrogen-bond donors (Lipinski definition) is 1. The van der Waals surface area contributed by atoms with E-state index < -0.39 is 5.97 Å². The molecular formula is C15H15ClN2O3. The predicted molar refractivity (Wildman–Crippen MR) is 80.1 cm³/mol. The van der Waals surface area contributed by atoms with E-state index in [9.17, 15) is 9.90 Å². The Hall–Kier alpha value is -2.27. The van der Waals surface area contributed by atoms with Crippen LogP contribution in [0.3, 0.4) is 0 Å². The van der Waals surface area contributed by atoms with Crippen LogP contribution in [0.1, 0.15) is 23.1 Å². The van der Waals surface area contributed by atoms with Crippen molar-refractivity contribution >= 4 is 17.6 Å². The second kappa shape index (κ2) is 6.45. The van der Waals surface area contributed by atoms with Crippen molar-refractivity contribution in [1.82, 2.24) is 9.78 Å². The molecule has 0 spiro atoms. The van der Waals surface area contributed by atoms with E-state index in [4.69, 9.17) is 16.3 Å². The lowest BCUT2D eigenvalue weighted by atomic mass is 10.2. The molecular weight excluding hydrogens is 292 g/mol. The lowest BCUT2D eigenvalue weighted by molar-refractivity contribution is 0.0515. The second-order valence-corrected chi connectivity index (χ2v) is 4.68. The van der Waals surface area contributed by atoms with Crippen molar-refractivity contribution in [3.63, 3.8) is 0 Å². The maximum absolute atomic E-state index is 11.8. The Bertz CT molecular complexity index is 662. The van der Waals surface area contributed by atoms with Gasteiger partial charge in [-0.3, -0.25) is 0 Å². The summed E-state index contributed by atoms with van der Waals surface area (Å²) in [5.74, 6) is -0.851. The summed E-state index contributed by atoms with van der Waals surface area (Å²) in [6.07, 6.45) is 1.99. The van der Waals surface area contributed by atoms with Crippen LogP contribution >= 0.6 is 11.6 Å². The molecule has 0 bridgehead atoms. The molecule has 0 fully saturated rings. The number of carbonyl (C=O) groups excluding carboxylic acids is 1. The Labute approximate surface area is 127 Å². The van der Waals surface area contributed by atoms with Crippen molar-refractivity contribution in [2.24, 2.45) is 0 Å². The fraction of sp³-hybridized carbons (Fsp3) is 0.200. The summed E-state index contributed by atoms with van der Waals surface area (Å²) >= 11 is 5.86. The van der Waals surface area contributed by atoms with Crippen molar-refractivity contribution in [1.29, 1.82) is 0 Å². The smallest absolute Gasteiger partial charge is 0.362 e. The third-order valence-corrected chi connectivity index (χ3v) is 3.08. The van der Waals surface area contributed by atoms with E-state index in [1.165, 1.54) is 4.68 Å². The van der Waals surface area contributed by atoms with Gasteiger partial charge in [-0.15, -0.1) is 6.58 Å². The van der Waals surface area contributed by atoms with Crippen molar-refractivity contribution in [3.05, 3.63) is 53.3 Å². The van der Waals surface area contributed by atoms with Crippen LogP contribution in [0.5, 0.6) is 5.75 Å². The van der Waals surface area contributed by atoms with Crippen LogP contribution in [0, 0.1) is 0 Å². The predicted octanol–water partition coefficient (Wildman–Crippen LogP) is 3.14. The lowest BCUT2D eigenvalue weighted by Crippen LogP contribution is -2.07. The number of ether oxygens (including phenoxy) is 1. The Balaban J connectivity index is 2.53. The Morgan fingerprint density at radius 1 is 1.48 bits per heavy atom. The van der Waals surface area contributed by atoms with Crippen LogP contribution in [0.2, 0.25) is 5.02 Å². The highest BCUT2D eigenvalue weighted by Crippen LogP contribution is 2.27. The minimum atomic E-state index is -0.659. The quantitative estimate of drug-likeness (QED) is 0.681. The van der Waals surface area contributed by atoms with Gasteiger partial charge in [0.2, 0.25) is 5.69 Å². The second-order valence-electron chi connectivity index (χ2n) is 4.25. The number of aromatic hydroxyl groups is 1. The molecule has 0 aliphatic rings. The average Bonchev–Trinajstić information content (AvgIpc) is 2.78. The van der Waals surface area contributed by atoms with Gasteiger partial charge in [0.25, 0.3) is 0 Å². The average molecular weight is 307 g/mol. The van der Waals surface area contributed by atoms with E-state index >= 15 is 0 Å². The van der Waals surface area contributed by atoms with Gasteiger partial charge in [-0.05, 0) is 31.2 Å². The largest absolute Gasteiger partial charge is 0.504 e. The van der Waals surface area contributed by atoms with Gasteiger partial charge >= 0.3 is 5.97 Å². The first kappa shape index (κ1) is 15.1. The number of esters is 1. The van der Waals surface area contributed by atoms with Crippen molar-refractivity contribution in [2.45, 2.75) is 13.3 Å². The number of carbonyl (C=O) groups is 1. The van der Waals surface area contributed by atoms with E-state index in [1.807, 2.05) is 0 Å². The third-order valence-electron chi connectivity index (χ3n) is 2.83. The highest BCUT2D eigenvalue weighted by atomic mass is 35.5. The highest BCUT2D eigenvalue weighted by molar-refractivity contribution is 6.30. The van der Waals surface area contributed by atoms with Gasteiger partial charge in [0.1, 0.15) is 0 Å². The first-order chi connectivity index (χ1) is 10.1. The number of rotatable bonds is 5. The van der Waals surface area contributed by atoms with Gasteiger partial charge in [0.15, 0.2) is 5.75 Å². The summed E-state index contributed by atoms with van der Waals surface area (Å²) in [6.45, 7) is 5.55. The van der Waals surface area contributed by atoms with Crippen LogP contribution < -0.4 is 0 Å². The number of hydrogen-bond acceptors (Lipinski definition) is 4. The molecule has 1 heterocycles. The monoisotopic (exact) mass is 306 g/mol. The summed E-state index contributed by atoms with van der Waals surface area (Å²) in [7, 11) is 0. The molecule has 0 atom stereocenters. The molecule has 0 unspecified atom stereocenters. The Morgan fingerprint density at radius 3 is 2.71 bits per heavy atom. The van der Waals surface area contributed by atoms with Crippen molar-refractivity contribution in [3.8, 4) is 11.4 Å². The molecule has 0 saturated carbocycles. The van der Waals surface area contributed by atoms with Crippen LogP contribution in [-0.4, -0.2) is 27.5 Å². The topological polar surface area (TPSA) is 64.3 Å². The number of nitrogens with zero attached hydrogens (tertiary/aromatic N) is 2. The lowest BCUT2D eigenvalue weighted by Gasteiger charge is -2.05. The zero-order chi connectivity index (χ0) is 15.4. The molecule has 1 aromatic heterocycles. The number of aromatic nitrogens is 2. The highest BCUT2D eigenvalue weighted by Gasteiger charge is 2.23. The van der Waals surface area contributed by atoms with E-state index in [2.05, 4.69) is 11.7 Å².